The Balaban J connectivity index is 1.89. The van der Waals surface area contributed by atoms with Crippen molar-refractivity contribution < 1.29 is 4.79 Å². The molecule has 0 spiro atoms. The highest BCUT2D eigenvalue weighted by molar-refractivity contribution is 7.09. The molecule has 0 aliphatic heterocycles. The van der Waals surface area contributed by atoms with Crippen LogP contribution in [0.1, 0.15) is 57.2 Å². The maximum atomic E-state index is 11.8. The smallest absolute Gasteiger partial charge is 0.139 e. The molecule has 0 N–H and O–H groups in total. The molecule has 17 heavy (non-hydrogen) atoms. The maximum Gasteiger partial charge on any atom is 0.139 e. The molecule has 0 radical (unpaired) electrons. The van der Waals surface area contributed by atoms with Gasteiger partial charge in [-0.2, -0.15) is 0 Å². The highest BCUT2D eigenvalue weighted by atomic mass is 32.1. The SMILES string of the molecule is CC(C)(C)c1csc(CC(=O)CC2CCC2)n1. The Morgan fingerprint density at radius 1 is 1.47 bits per heavy atom. The van der Waals surface area contributed by atoms with E-state index in [0.29, 0.717) is 18.1 Å². The van der Waals surface area contributed by atoms with E-state index in [1.165, 1.54) is 19.3 Å². The minimum Gasteiger partial charge on any atom is -0.299 e. The minimum atomic E-state index is 0.0891. The summed E-state index contributed by atoms with van der Waals surface area (Å²) in [6.07, 6.45) is 5.11. The molecule has 1 aromatic rings. The Kier molecular flexibility index (Phi) is 3.67. The summed E-state index contributed by atoms with van der Waals surface area (Å²) in [6.45, 7) is 6.46. The molecular formula is C14H21NOS. The summed E-state index contributed by atoms with van der Waals surface area (Å²) in [5.74, 6) is 1.04. The molecule has 0 unspecified atom stereocenters. The molecule has 1 aliphatic rings. The first-order valence-corrected chi connectivity index (χ1v) is 7.29. The number of hydrogen-bond donors (Lipinski definition) is 0. The zero-order valence-electron chi connectivity index (χ0n) is 11.0. The third-order valence-electron chi connectivity index (χ3n) is 3.41. The summed E-state index contributed by atoms with van der Waals surface area (Å²) in [6, 6.07) is 0. The first-order valence-electron chi connectivity index (χ1n) is 6.42. The zero-order valence-corrected chi connectivity index (χ0v) is 11.8. The lowest BCUT2D eigenvalue weighted by molar-refractivity contribution is -0.119. The monoisotopic (exact) mass is 251 g/mol. The van der Waals surface area contributed by atoms with Crippen LogP contribution >= 0.6 is 11.3 Å². The van der Waals surface area contributed by atoms with E-state index >= 15 is 0 Å². The van der Waals surface area contributed by atoms with E-state index in [0.717, 1.165) is 17.1 Å². The summed E-state index contributed by atoms with van der Waals surface area (Å²) in [5.41, 5.74) is 1.19. The van der Waals surface area contributed by atoms with Crippen LogP contribution in [0.5, 0.6) is 0 Å². The fourth-order valence-electron chi connectivity index (χ4n) is 2.00. The van der Waals surface area contributed by atoms with Gasteiger partial charge in [0.15, 0.2) is 0 Å². The highest BCUT2D eigenvalue weighted by Gasteiger charge is 2.22. The molecule has 3 heteroatoms. The predicted octanol–water partition coefficient (Wildman–Crippen LogP) is 3.74. The van der Waals surface area contributed by atoms with Gasteiger partial charge in [-0.05, 0) is 5.92 Å². The summed E-state index contributed by atoms with van der Waals surface area (Å²) < 4.78 is 0. The van der Waals surface area contributed by atoms with E-state index in [-0.39, 0.29) is 5.41 Å². The average molecular weight is 251 g/mol. The van der Waals surface area contributed by atoms with Crippen molar-refractivity contribution >= 4 is 17.1 Å². The molecule has 0 atom stereocenters. The number of carbonyl (C=O) groups is 1. The average Bonchev–Trinajstić information content (AvgIpc) is 2.59. The molecule has 2 rings (SSSR count). The molecule has 0 amide bonds. The number of aromatic nitrogens is 1. The summed E-state index contributed by atoms with van der Waals surface area (Å²) >= 11 is 1.63. The number of rotatable bonds is 4. The molecule has 1 aromatic heterocycles. The second-order valence-electron chi connectivity index (χ2n) is 6.09. The standard InChI is InChI=1S/C14H21NOS/c1-14(2,3)12-9-17-13(15-12)8-11(16)7-10-5-4-6-10/h9-10H,4-8H2,1-3H3. The van der Waals surface area contributed by atoms with Crippen LogP contribution in [0.15, 0.2) is 5.38 Å². The van der Waals surface area contributed by atoms with E-state index in [2.05, 4.69) is 31.1 Å². The van der Waals surface area contributed by atoms with Gasteiger partial charge in [-0.25, -0.2) is 4.98 Å². The van der Waals surface area contributed by atoms with E-state index in [1.807, 2.05) is 0 Å². The van der Waals surface area contributed by atoms with Gasteiger partial charge >= 0.3 is 0 Å². The van der Waals surface area contributed by atoms with Gasteiger partial charge in [-0.3, -0.25) is 4.79 Å². The van der Waals surface area contributed by atoms with Crippen molar-refractivity contribution in [3.05, 3.63) is 16.1 Å². The zero-order chi connectivity index (χ0) is 12.5. The first kappa shape index (κ1) is 12.7. The van der Waals surface area contributed by atoms with Gasteiger partial charge in [0.2, 0.25) is 0 Å². The van der Waals surface area contributed by atoms with Crippen molar-refractivity contribution in [1.29, 1.82) is 0 Å². The fraction of sp³-hybridized carbons (Fsp3) is 0.714. The number of Topliss-reactive ketones (excluding diaryl/α,β-unsaturated/α-hetero) is 1. The fourth-order valence-corrected chi connectivity index (χ4v) is 3.05. The highest BCUT2D eigenvalue weighted by Crippen LogP contribution is 2.30. The van der Waals surface area contributed by atoms with Crippen LogP contribution in [-0.2, 0) is 16.6 Å². The predicted molar refractivity (Wildman–Crippen MR) is 71.5 cm³/mol. The van der Waals surface area contributed by atoms with Crippen LogP contribution in [0.3, 0.4) is 0 Å². The van der Waals surface area contributed by atoms with Crippen LogP contribution in [0.2, 0.25) is 0 Å². The molecule has 0 aromatic carbocycles. The molecule has 94 valence electrons. The lowest BCUT2D eigenvalue weighted by Gasteiger charge is -2.24. The third-order valence-corrected chi connectivity index (χ3v) is 4.26. The minimum absolute atomic E-state index is 0.0891. The van der Waals surface area contributed by atoms with Gasteiger partial charge in [0.05, 0.1) is 12.1 Å². The Bertz CT molecular complexity index is 399. The summed E-state index contributed by atoms with van der Waals surface area (Å²) in [7, 11) is 0. The Hall–Kier alpha value is -0.700. The maximum absolute atomic E-state index is 11.8. The van der Waals surface area contributed by atoms with Crippen LogP contribution in [-0.4, -0.2) is 10.8 Å². The second kappa shape index (κ2) is 4.89. The normalized spacial score (nSPS) is 16.9. The molecule has 1 fully saturated rings. The molecular weight excluding hydrogens is 230 g/mol. The quantitative estimate of drug-likeness (QED) is 0.816. The van der Waals surface area contributed by atoms with Crippen molar-refractivity contribution in [3.63, 3.8) is 0 Å². The number of ketones is 1. The number of carbonyl (C=O) groups excluding carboxylic acids is 1. The Morgan fingerprint density at radius 3 is 2.65 bits per heavy atom. The van der Waals surface area contributed by atoms with Crippen molar-refractivity contribution in [1.82, 2.24) is 4.98 Å². The molecule has 1 heterocycles. The van der Waals surface area contributed by atoms with E-state index in [4.69, 9.17) is 0 Å². The second-order valence-corrected chi connectivity index (χ2v) is 7.04. The number of hydrogen-bond acceptors (Lipinski definition) is 3. The summed E-state index contributed by atoms with van der Waals surface area (Å²) in [5, 5.41) is 3.07. The van der Waals surface area contributed by atoms with Crippen molar-refractivity contribution in [2.75, 3.05) is 0 Å². The van der Waals surface area contributed by atoms with Crippen LogP contribution in [0.4, 0.5) is 0 Å². The van der Waals surface area contributed by atoms with Crippen molar-refractivity contribution in [2.45, 2.75) is 58.3 Å². The van der Waals surface area contributed by atoms with Gasteiger partial charge in [-0.1, -0.05) is 40.0 Å². The molecule has 2 nitrogen and oxygen atoms in total. The lowest BCUT2D eigenvalue weighted by atomic mass is 9.81. The summed E-state index contributed by atoms with van der Waals surface area (Å²) in [4.78, 5) is 16.4. The van der Waals surface area contributed by atoms with Crippen LogP contribution in [0.25, 0.3) is 0 Å². The lowest BCUT2D eigenvalue weighted by Crippen LogP contribution is -2.17. The van der Waals surface area contributed by atoms with Gasteiger partial charge in [-0.15, -0.1) is 11.3 Å². The van der Waals surface area contributed by atoms with Gasteiger partial charge < -0.3 is 0 Å². The Morgan fingerprint density at radius 2 is 2.18 bits per heavy atom. The van der Waals surface area contributed by atoms with Crippen molar-refractivity contribution in [2.24, 2.45) is 5.92 Å². The first-order chi connectivity index (χ1) is 7.95. The molecule has 0 saturated heterocycles. The molecule has 1 saturated carbocycles. The van der Waals surface area contributed by atoms with Crippen molar-refractivity contribution in [3.8, 4) is 0 Å². The molecule has 0 bridgehead atoms. The van der Waals surface area contributed by atoms with E-state index in [9.17, 15) is 4.79 Å². The van der Waals surface area contributed by atoms with Gasteiger partial charge in [0, 0.05) is 17.2 Å². The van der Waals surface area contributed by atoms with Gasteiger partial charge in [0.25, 0.3) is 0 Å². The number of thiazole rings is 1. The molecule has 1 aliphatic carbocycles. The van der Waals surface area contributed by atoms with Gasteiger partial charge in [0.1, 0.15) is 10.8 Å². The number of nitrogens with zero attached hydrogens (tertiary/aromatic N) is 1. The van der Waals surface area contributed by atoms with E-state index in [1.54, 1.807) is 11.3 Å². The largest absolute Gasteiger partial charge is 0.299 e. The van der Waals surface area contributed by atoms with Crippen LogP contribution < -0.4 is 0 Å². The van der Waals surface area contributed by atoms with E-state index < -0.39 is 0 Å². The third kappa shape index (κ3) is 3.38. The van der Waals surface area contributed by atoms with Crippen LogP contribution in [0, 0.1) is 5.92 Å². The topological polar surface area (TPSA) is 30.0 Å². The Labute approximate surface area is 107 Å².